The zero-order valence-corrected chi connectivity index (χ0v) is 13.8. The van der Waals surface area contributed by atoms with Gasteiger partial charge in [0.25, 0.3) is 11.1 Å². The van der Waals surface area contributed by atoms with Crippen molar-refractivity contribution in [2.24, 2.45) is 0 Å². The Labute approximate surface area is 140 Å². The third-order valence-corrected chi connectivity index (χ3v) is 4.93. The molecule has 0 bridgehead atoms. The van der Waals surface area contributed by atoms with E-state index in [2.05, 4.69) is 4.90 Å². The van der Waals surface area contributed by atoms with Crippen molar-refractivity contribution in [3.05, 3.63) is 53.0 Å². The molecule has 0 aromatic heterocycles. The SMILES string of the molecule is O=C1SC(=CC=Cc2ccccc2)C(=O)N1CN1CCCCC1. The molecule has 0 N–H and O–H groups in total. The van der Waals surface area contributed by atoms with Gasteiger partial charge in [-0.05, 0) is 49.3 Å². The number of nitrogens with zero attached hydrogens (tertiary/aromatic N) is 2. The molecule has 1 aromatic carbocycles. The fourth-order valence-electron chi connectivity index (χ4n) is 2.75. The number of piperidine rings is 1. The van der Waals surface area contributed by atoms with Crippen LogP contribution in [-0.2, 0) is 4.79 Å². The second-order valence-electron chi connectivity index (χ2n) is 5.72. The second-order valence-corrected chi connectivity index (χ2v) is 6.72. The monoisotopic (exact) mass is 328 g/mol. The summed E-state index contributed by atoms with van der Waals surface area (Å²) in [5.41, 5.74) is 1.07. The Morgan fingerprint density at radius 3 is 2.52 bits per heavy atom. The molecule has 3 rings (SSSR count). The molecule has 2 saturated heterocycles. The molecule has 4 nitrogen and oxygen atoms in total. The lowest BCUT2D eigenvalue weighted by Crippen LogP contribution is -2.42. The number of hydrogen-bond donors (Lipinski definition) is 0. The first-order chi connectivity index (χ1) is 11.2. The molecule has 2 fully saturated rings. The minimum Gasteiger partial charge on any atom is -0.286 e. The first-order valence-electron chi connectivity index (χ1n) is 7.93. The van der Waals surface area contributed by atoms with Crippen LogP contribution in [0.1, 0.15) is 24.8 Å². The Kier molecular flexibility index (Phi) is 5.31. The standard InChI is InChI=1S/C18H20N2O2S/c21-17-16(11-7-10-15-8-3-1-4-9-15)23-18(22)20(17)14-19-12-5-2-6-13-19/h1,3-4,7-11H,2,5-6,12-14H2. The molecule has 0 unspecified atom stereocenters. The van der Waals surface area contributed by atoms with Gasteiger partial charge in [-0.2, -0.15) is 0 Å². The molecular formula is C18H20N2O2S. The van der Waals surface area contributed by atoms with Crippen molar-refractivity contribution in [1.29, 1.82) is 0 Å². The van der Waals surface area contributed by atoms with Gasteiger partial charge in [0.1, 0.15) is 0 Å². The highest BCUT2D eigenvalue weighted by Crippen LogP contribution is 2.31. The fourth-order valence-corrected chi connectivity index (χ4v) is 3.53. The van der Waals surface area contributed by atoms with E-state index in [1.165, 1.54) is 11.3 Å². The normalized spacial score (nSPS) is 21.7. The number of hydrogen-bond acceptors (Lipinski definition) is 4. The minimum atomic E-state index is -0.178. The highest BCUT2D eigenvalue weighted by molar-refractivity contribution is 8.18. The summed E-state index contributed by atoms with van der Waals surface area (Å²) in [4.78, 5) is 28.5. The molecule has 0 atom stereocenters. The van der Waals surface area contributed by atoms with E-state index in [1.807, 2.05) is 42.5 Å². The van der Waals surface area contributed by atoms with Gasteiger partial charge < -0.3 is 0 Å². The van der Waals surface area contributed by atoms with Crippen LogP contribution in [0.3, 0.4) is 0 Å². The highest BCUT2D eigenvalue weighted by atomic mass is 32.2. The third-order valence-electron chi connectivity index (χ3n) is 4.00. The fraction of sp³-hybridized carbons (Fsp3) is 0.333. The third kappa shape index (κ3) is 4.12. The van der Waals surface area contributed by atoms with Crippen LogP contribution in [0.5, 0.6) is 0 Å². The lowest BCUT2D eigenvalue weighted by molar-refractivity contribution is -0.124. The van der Waals surface area contributed by atoms with Crippen LogP contribution in [0, 0.1) is 0 Å². The molecule has 2 amide bonds. The predicted molar refractivity (Wildman–Crippen MR) is 93.7 cm³/mol. The van der Waals surface area contributed by atoms with Crippen LogP contribution in [-0.4, -0.2) is 40.7 Å². The van der Waals surface area contributed by atoms with Crippen molar-refractivity contribution < 1.29 is 9.59 Å². The molecule has 120 valence electrons. The number of imide groups is 1. The largest absolute Gasteiger partial charge is 0.294 e. The number of carbonyl (C=O) groups is 2. The van der Waals surface area contributed by atoms with Crippen LogP contribution in [0.25, 0.3) is 6.08 Å². The molecule has 1 aromatic rings. The van der Waals surface area contributed by atoms with Crippen LogP contribution >= 0.6 is 11.8 Å². The summed E-state index contributed by atoms with van der Waals surface area (Å²) in [7, 11) is 0. The quantitative estimate of drug-likeness (QED) is 0.790. The Morgan fingerprint density at radius 2 is 1.78 bits per heavy atom. The molecule has 2 heterocycles. The van der Waals surface area contributed by atoms with Gasteiger partial charge in [-0.1, -0.05) is 48.9 Å². The van der Waals surface area contributed by atoms with E-state index in [0.29, 0.717) is 11.6 Å². The van der Waals surface area contributed by atoms with Gasteiger partial charge >= 0.3 is 0 Å². The van der Waals surface area contributed by atoms with Gasteiger partial charge in [-0.3, -0.25) is 19.4 Å². The van der Waals surface area contributed by atoms with Gasteiger partial charge in [0.15, 0.2) is 0 Å². The van der Waals surface area contributed by atoms with Gasteiger partial charge in [-0.15, -0.1) is 0 Å². The van der Waals surface area contributed by atoms with Crippen molar-refractivity contribution in [3.63, 3.8) is 0 Å². The van der Waals surface area contributed by atoms with Crippen LogP contribution in [0.4, 0.5) is 4.79 Å². The lowest BCUT2D eigenvalue weighted by Gasteiger charge is -2.29. The van der Waals surface area contributed by atoms with E-state index >= 15 is 0 Å². The summed E-state index contributed by atoms with van der Waals surface area (Å²) in [5, 5.41) is -0.167. The summed E-state index contributed by atoms with van der Waals surface area (Å²) in [5.74, 6) is -0.178. The van der Waals surface area contributed by atoms with Crippen LogP contribution in [0.2, 0.25) is 0 Å². The topological polar surface area (TPSA) is 40.6 Å². The molecule has 0 aliphatic carbocycles. The van der Waals surface area contributed by atoms with Crippen molar-refractivity contribution in [2.45, 2.75) is 19.3 Å². The Balaban J connectivity index is 1.63. The first-order valence-corrected chi connectivity index (χ1v) is 8.75. The van der Waals surface area contributed by atoms with Gasteiger partial charge in [-0.25, -0.2) is 0 Å². The molecule has 0 radical (unpaired) electrons. The van der Waals surface area contributed by atoms with E-state index in [1.54, 1.807) is 6.08 Å². The Morgan fingerprint density at radius 1 is 1.04 bits per heavy atom. The minimum absolute atomic E-state index is 0.167. The van der Waals surface area contributed by atoms with Crippen LogP contribution < -0.4 is 0 Å². The summed E-state index contributed by atoms with van der Waals surface area (Å²) in [6, 6.07) is 9.88. The molecule has 2 aliphatic heterocycles. The van der Waals surface area contributed by atoms with Gasteiger partial charge in [0.05, 0.1) is 11.6 Å². The highest BCUT2D eigenvalue weighted by Gasteiger charge is 2.35. The van der Waals surface area contributed by atoms with E-state index in [-0.39, 0.29) is 11.1 Å². The van der Waals surface area contributed by atoms with Gasteiger partial charge in [0, 0.05) is 0 Å². The van der Waals surface area contributed by atoms with E-state index < -0.39 is 0 Å². The van der Waals surface area contributed by atoms with E-state index in [9.17, 15) is 9.59 Å². The Hall–Kier alpha value is -1.85. The maximum absolute atomic E-state index is 12.4. The summed E-state index contributed by atoms with van der Waals surface area (Å²) >= 11 is 1.03. The molecule has 2 aliphatic rings. The smallest absolute Gasteiger partial charge is 0.286 e. The number of allylic oxidation sites excluding steroid dienone is 2. The first kappa shape index (κ1) is 16.0. The number of thioether (sulfide) groups is 1. The molecule has 23 heavy (non-hydrogen) atoms. The average Bonchev–Trinajstić information content (AvgIpc) is 2.85. The summed E-state index contributed by atoms with van der Waals surface area (Å²) in [6.45, 7) is 2.35. The van der Waals surface area contributed by atoms with Gasteiger partial charge in [0.2, 0.25) is 0 Å². The van der Waals surface area contributed by atoms with Crippen molar-refractivity contribution in [1.82, 2.24) is 9.80 Å². The molecule has 0 spiro atoms. The van der Waals surface area contributed by atoms with Crippen LogP contribution in [0.15, 0.2) is 47.4 Å². The van der Waals surface area contributed by atoms with E-state index in [4.69, 9.17) is 0 Å². The number of rotatable bonds is 4. The van der Waals surface area contributed by atoms with E-state index in [0.717, 1.165) is 43.3 Å². The number of amides is 2. The number of carbonyl (C=O) groups excluding carboxylic acids is 2. The average molecular weight is 328 g/mol. The summed E-state index contributed by atoms with van der Waals surface area (Å²) < 4.78 is 0. The zero-order valence-electron chi connectivity index (χ0n) is 13.0. The lowest BCUT2D eigenvalue weighted by atomic mass is 10.1. The maximum atomic E-state index is 12.4. The number of likely N-dealkylation sites (tertiary alicyclic amines) is 1. The van der Waals surface area contributed by atoms with Crippen molar-refractivity contribution in [2.75, 3.05) is 19.8 Å². The predicted octanol–water partition coefficient (Wildman–Crippen LogP) is 3.72. The molecule has 5 heteroatoms. The molecular weight excluding hydrogens is 308 g/mol. The number of benzene rings is 1. The zero-order chi connectivity index (χ0) is 16.1. The molecule has 0 saturated carbocycles. The van der Waals surface area contributed by atoms with Crippen molar-refractivity contribution in [3.8, 4) is 0 Å². The second kappa shape index (κ2) is 7.62. The Bertz CT molecular complexity index is 634. The summed E-state index contributed by atoms with van der Waals surface area (Å²) in [6.07, 6.45) is 9.01. The van der Waals surface area contributed by atoms with Crippen molar-refractivity contribution >= 4 is 29.0 Å². The maximum Gasteiger partial charge on any atom is 0.294 e.